The molecule has 0 atom stereocenters. The van der Waals surface area contributed by atoms with Crippen LogP contribution in [-0.4, -0.2) is 51.6 Å². The predicted octanol–water partition coefficient (Wildman–Crippen LogP) is 1.83. The molecule has 9 nitrogen and oxygen atoms in total. The Morgan fingerprint density at radius 2 is 1.81 bits per heavy atom. The number of hydrogen-bond donors (Lipinski definition) is 4. The fourth-order valence-corrected chi connectivity index (χ4v) is 3.92. The lowest BCUT2D eigenvalue weighted by Gasteiger charge is -2.30. The van der Waals surface area contributed by atoms with Crippen molar-refractivity contribution in [3.63, 3.8) is 0 Å². The second-order valence-corrected chi connectivity index (χ2v) is 7.63. The maximum atomic E-state index is 14.9. The molecule has 0 aliphatic carbocycles. The zero-order valence-electron chi connectivity index (χ0n) is 16.2. The number of aromatic nitrogens is 1. The molecule has 0 saturated carbocycles. The molecule has 1 aliphatic rings. The molecule has 3 aromatic rings. The number of fused-ring (bicyclic) bond motifs is 1. The highest BCUT2D eigenvalue weighted by molar-refractivity contribution is 7.39. The van der Waals surface area contributed by atoms with Gasteiger partial charge in [-0.2, -0.15) is 0 Å². The van der Waals surface area contributed by atoms with Crippen LogP contribution in [0.2, 0.25) is 0 Å². The molecule has 1 aromatic heterocycles. The molecule has 1 saturated heterocycles. The highest BCUT2D eigenvalue weighted by Crippen LogP contribution is 2.31. The minimum absolute atomic E-state index is 0.0501. The van der Waals surface area contributed by atoms with Crippen LogP contribution < -0.4 is 20.2 Å². The van der Waals surface area contributed by atoms with Gasteiger partial charge in [0.1, 0.15) is 17.1 Å². The van der Waals surface area contributed by atoms with Gasteiger partial charge in [0, 0.05) is 43.4 Å². The molecule has 0 spiro atoms. The molecule has 0 unspecified atom stereocenters. The van der Waals surface area contributed by atoms with Gasteiger partial charge in [-0.05, 0) is 36.4 Å². The summed E-state index contributed by atoms with van der Waals surface area (Å²) < 4.78 is 21.2. The number of halogens is 1. The maximum Gasteiger partial charge on any atom is 0.391 e. The van der Waals surface area contributed by atoms with Crippen molar-refractivity contribution in [3.8, 4) is 11.4 Å². The lowest BCUT2D eigenvalue weighted by atomic mass is 10.1. The Morgan fingerprint density at radius 1 is 1.13 bits per heavy atom. The first kappa shape index (κ1) is 21.2. The molecule has 4 rings (SSSR count). The summed E-state index contributed by atoms with van der Waals surface area (Å²) in [5, 5.41) is 12.6. The number of piperazine rings is 1. The summed E-state index contributed by atoms with van der Waals surface area (Å²) in [5.41, 5.74) is -0.0912. The number of carboxylic acids is 1. The normalized spacial score (nSPS) is 14.3. The van der Waals surface area contributed by atoms with Crippen LogP contribution in [-0.2, 0) is 0 Å². The Hall–Kier alpha value is -3.04. The first-order valence-electron chi connectivity index (χ1n) is 9.39. The Balaban J connectivity index is 1.92. The van der Waals surface area contributed by atoms with E-state index in [1.54, 1.807) is 18.2 Å². The van der Waals surface area contributed by atoms with Crippen LogP contribution >= 0.6 is 8.60 Å². The highest BCUT2D eigenvalue weighted by atomic mass is 31.2. The van der Waals surface area contributed by atoms with Crippen molar-refractivity contribution >= 4 is 31.2 Å². The lowest BCUT2D eigenvalue weighted by molar-refractivity contribution is 0.0695. The van der Waals surface area contributed by atoms with Gasteiger partial charge in [-0.3, -0.25) is 4.79 Å². The zero-order valence-corrected chi connectivity index (χ0v) is 17.1. The van der Waals surface area contributed by atoms with Crippen molar-refractivity contribution in [2.45, 2.75) is 0 Å². The van der Waals surface area contributed by atoms with E-state index in [1.165, 1.54) is 22.9 Å². The van der Waals surface area contributed by atoms with Crippen LogP contribution in [0.3, 0.4) is 0 Å². The zero-order chi connectivity index (χ0) is 22.1. The summed E-state index contributed by atoms with van der Waals surface area (Å²) in [6.07, 6.45) is 1.20. The third-order valence-electron chi connectivity index (χ3n) is 5.06. The second-order valence-electron chi connectivity index (χ2n) is 6.94. The number of anilines is 1. The third-order valence-corrected chi connectivity index (χ3v) is 5.44. The molecule has 0 amide bonds. The molecule has 1 aliphatic heterocycles. The molecule has 162 valence electrons. The highest BCUT2D eigenvalue weighted by Gasteiger charge is 2.21. The monoisotopic (exact) mass is 447 g/mol. The number of rotatable bonds is 5. The predicted molar refractivity (Wildman–Crippen MR) is 114 cm³/mol. The number of carboxylic acid groups (broad SMARTS) is 1. The molecule has 11 heteroatoms. The summed E-state index contributed by atoms with van der Waals surface area (Å²) >= 11 is 0. The number of benzene rings is 2. The molecule has 31 heavy (non-hydrogen) atoms. The third kappa shape index (κ3) is 4.24. The molecule has 2 heterocycles. The number of nitrogens with one attached hydrogen (secondary N) is 1. The smallest absolute Gasteiger partial charge is 0.391 e. The van der Waals surface area contributed by atoms with Crippen LogP contribution in [0, 0.1) is 5.82 Å². The standard InChI is InChI=1S/C20H19FN3O6P/c21-16-9-14-17(10-18(16)23-7-5-22-6-8-23)24(11-15(19(14)25)20(26)27)12-1-3-13(4-2-12)30-31(28)29/h1-4,9-11,22,28-29H,5-8H2,(H,26,27). The number of aromatic carboxylic acids is 1. The van der Waals surface area contributed by atoms with Crippen LogP contribution in [0.15, 0.2) is 47.4 Å². The maximum absolute atomic E-state index is 14.9. The van der Waals surface area contributed by atoms with E-state index >= 15 is 0 Å². The average molecular weight is 447 g/mol. The number of carbonyl (C=O) groups is 1. The van der Waals surface area contributed by atoms with Gasteiger partial charge in [-0.15, -0.1) is 0 Å². The largest absolute Gasteiger partial charge is 0.477 e. The van der Waals surface area contributed by atoms with Crippen molar-refractivity contribution in [3.05, 3.63) is 64.2 Å². The van der Waals surface area contributed by atoms with Gasteiger partial charge in [-0.1, -0.05) is 0 Å². The van der Waals surface area contributed by atoms with Crippen LogP contribution in [0.4, 0.5) is 10.1 Å². The van der Waals surface area contributed by atoms with Gasteiger partial charge in [0.2, 0.25) is 5.43 Å². The Morgan fingerprint density at radius 3 is 2.42 bits per heavy atom. The van der Waals surface area contributed by atoms with Crippen molar-refractivity contribution in [2.75, 3.05) is 31.1 Å². The molecule has 1 fully saturated rings. The number of hydrogen-bond acceptors (Lipinski definition) is 7. The summed E-state index contributed by atoms with van der Waals surface area (Å²) in [4.78, 5) is 44.2. The molecule has 0 radical (unpaired) electrons. The topological polar surface area (TPSA) is 124 Å². The Kier molecular flexibility index (Phi) is 5.88. The SMILES string of the molecule is O=C(O)c1cn(-c2ccc(OP(O)O)cc2)c2cc(N3CCNCC3)c(F)cc2c1=O. The Bertz CT molecular complexity index is 1190. The molecular formula is C20H19FN3O6P. The molecule has 2 aromatic carbocycles. The summed E-state index contributed by atoms with van der Waals surface area (Å²) in [7, 11) is -2.58. The van der Waals surface area contributed by atoms with E-state index in [9.17, 15) is 19.1 Å². The molecular weight excluding hydrogens is 428 g/mol. The lowest BCUT2D eigenvalue weighted by Crippen LogP contribution is -2.43. The summed E-state index contributed by atoms with van der Waals surface area (Å²) in [6.45, 7) is 2.58. The van der Waals surface area contributed by atoms with E-state index in [2.05, 4.69) is 5.32 Å². The quantitative estimate of drug-likeness (QED) is 0.437. The fraction of sp³-hybridized carbons (Fsp3) is 0.200. The summed E-state index contributed by atoms with van der Waals surface area (Å²) in [5.74, 6) is -1.81. The number of nitrogens with zero attached hydrogens (tertiary/aromatic N) is 2. The van der Waals surface area contributed by atoms with E-state index in [4.69, 9.17) is 14.3 Å². The Labute approximate surface area is 176 Å². The van der Waals surface area contributed by atoms with Crippen LogP contribution in [0.25, 0.3) is 16.6 Å². The van der Waals surface area contributed by atoms with Gasteiger partial charge in [-0.25, -0.2) is 9.18 Å². The van der Waals surface area contributed by atoms with E-state index in [1.807, 2.05) is 4.90 Å². The van der Waals surface area contributed by atoms with Crippen LogP contribution in [0.5, 0.6) is 5.75 Å². The van der Waals surface area contributed by atoms with Crippen molar-refractivity contribution in [2.24, 2.45) is 0 Å². The van der Waals surface area contributed by atoms with E-state index < -0.39 is 31.4 Å². The minimum atomic E-state index is -2.58. The number of pyridine rings is 1. The van der Waals surface area contributed by atoms with Gasteiger partial charge < -0.3 is 34.2 Å². The average Bonchev–Trinajstić information content (AvgIpc) is 2.75. The van der Waals surface area contributed by atoms with Crippen molar-refractivity contribution in [1.29, 1.82) is 0 Å². The van der Waals surface area contributed by atoms with Crippen LogP contribution in [0.1, 0.15) is 10.4 Å². The first-order chi connectivity index (χ1) is 14.8. The van der Waals surface area contributed by atoms with Gasteiger partial charge in [0.05, 0.1) is 11.2 Å². The summed E-state index contributed by atoms with van der Waals surface area (Å²) in [6, 6.07) is 8.72. The van der Waals surface area contributed by atoms with E-state index in [-0.39, 0.29) is 11.1 Å². The van der Waals surface area contributed by atoms with Gasteiger partial charge in [0.25, 0.3) is 0 Å². The minimum Gasteiger partial charge on any atom is -0.477 e. The van der Waals surface area contributed by atoms with Crippen molar-refractivity contribution in [1.82, 2.24) is 9.88 Å². The fourth-order valence-electron chi connectivity index (χ4n) is 3.61. The first-order valence-corrected chi connectivity index (χ1v) is 10.6. The molecule has 4 N–H and O–H groups in total. The van der Waals surface area contributed by atoms with Gasteiger partial charge in [0.15, 0.2) is 0 Å². The van der Waals surface area contributed by atoms with E-state index in [0.29, 0.717) is 43.1 Å². The van der Waals surface area contributed by atoms with Gasteiger partial charge >= 0.3 is 14.6 Å². The second kappa shape index (κ2) is 8.60. The van der Waals surface area contributed by atoms with Crippen molar-refractivity contribution < 1.29 is 28.6 Å². The van der Waals surface area contributed by atoms with E-state index in [0.717, 1.165) is 6.07 Å². The molecule has 0 bridgehead atoms.